The molecule has 0 aliphatic carbocycles. The molecule has 1 rings (SSSR count). The van der Waals surface area contributed by atoms with Gasteiger partial charge in [0.25, 0.3) is 0 Å². The summed E-state index contributed by atoms with van der Waals surface area (Å²) in [5.41, 5.74) is 0. The van der Waals surface area contributed by atoms with Crippen molar-refractivity contribution in [2.75, 3.05) is 0 Å². The molecule has 1 N–H and O–H groups in total. The molecule has 1 aliphatic rings. The predicted octanol–water partition coefficient (Wildman–Crippen LogP) is -0.577. The van der Waals surface area contributed by atoms with Crippen LogP contribution in [-0.4, -0.2) is 12.6 Å². The van der Waals surface area contributed by atoms with Crippen LogP contribution in [0.5, 0.6) is 0 Å². The van der Waals surface area contributed by atoms with Gasteiger partial charge in [-0.25, -0.2) is 14.4 Å². The van der Waals surface area contributed by atoms with Gasteiger partial charge in [0.15, 0.2) is 0 Å². The summed E-state index contributed by atoms with van der Waals surface area (Å²) in [6.45, 7) is 0. The summed E-state index contributed by atoms with van der Waals surface area (Å²) in [4.78, 5) is 11.2. The maximum absolute atomic E-state index is 7.46. The van der Waals surface area contributed by atoms with Crippen molar-refractivity contribution in [2.45, 2.75) is 0 Å². The minimum atomic E-state index is -0.810. The van der Waals surface area contributed by atoms with E-state index in [1.54, 1.807) is 0 Å². The van der Waals surface area contributed by atoms with E-state index < -0.39 is 7.32 Å². The summed E-state index contributed by atoms with van der Waals surface area (Å²) < 4.78 is 0. The van der Waals surface area contributed by atoms with Gasteiger partial charge in [-0.1, -0.05) is 0 Å². The van der Waals surface area contributed by atoms with Crippen LogP contribution >= 0.6 is 0 Å². The summed E-state index contributed by atoms with van der Waals surface area (Å²) in [5.74, 6) is 0. The molecule has 0 unspecified atom stereocenters. The van der Waals surface area contributed by atoms with Gasteiger partial charge in [-0.2, -0.15) is 0 Å². The van der Waals surface area contributed by atoms with Crippen LogP contribution in [0.25, 0.3) is 0 Å². The molecule has 0 aromatic heterocycles. The van der Waals surface area contributed by atoms with Crippen LogP contribution in [0.3, 0.4) is 0 Å². The molecule has 5 heavy (non-hydrogen) atoms. The molecule has 1 saturated heterocycles. The maximum Gasteiger partial charge on any atom is 0.722 e. The molecule has 4 nitrogen and oxygen atoms in total. The summed E-state index contributed by atoms with van der Waals surface area (Å²) in [7, 11) is -0.810. The van der Waals surface area contributed by atoms with E-state index in [0.29, 0.717) is 0 Å². The molecule has 0 atom stereocenters. The van der Waals surface area contributed by atoms with Crippen molar-refractivity contribution >= 4 is 7.32 Å². The second-order valence-corrected chi connectivity index (χ2v) is 0.587. The third-order valence-electron chi connectivity index (χ3n) is 0.261. The van der Waals surface area contributed by atoms with E-state index in [-0.39, 0.29) is 0 Å². The minimum absolute atomic E-state index is 0.810. The highest BCUT2D eigenvalue weighted by atomic mass is 17.4. The molecule has 0 spiro atoms. The fourth-order valence-corrected chi connectivity index (χ4v) is 0.0578. The van der Waals surface area contributed by atoms with Crippen LogP contribution in [-0.2, 0) is 14.4 Å². The fourth-order valence-electron chi connectivity index (χ4n) is 0.0578. The highest BCUT2D eigenvalue weighted by Crippen LogP contribution is 2.03. The average molecular weight is 75.8 g/mol. The van der Waals surface area contributed by atoms with E-state index in [1.807, 2.05) is 0 Å². The van der Waals surface area contributed by atoms with Crippen LogP contribution < -0.4 is 0 Å². The van der Waals surface area contributed by atoms with E-state index in [0.717, 1.165) is 0 Å². The molecule has 1 fully saturated rings. The summed E-state index contributed by atoms with van der Waals surface area (Å²) in [6.07, 6.45) is 0. The topological polar surface area (TPSA) is 54.5 Å². The molecule has 5 heteroatoms. The van der Waals surface area contributed by atoms with Crippen LogP contribution in [0.2, 0.25) is 0 Å². The van der Waals surface area contributed by atoms with Crippen molar-refractivity contribution < 1.29 is 19.7 Å². The molecule has 0 aromatic rings. The summed E-state index contributed by atoms with van der Waals surface area (Å²) in [6, 6.07) is 0. The third-order valence-corrected chi connectivity index (χ3v) is 0.261. The molecule has 1 aliphatic heterocycles. The normalized spacial score (nSPS) is 19.8. The van der Waals surface area contributed by atoms with Gasteiger partial charge in [0.1, 0.15) is 0 Å². The van der Waals surface area contributed by atoms with Gasteiger partial charge in [-0.15, -0.1) is 0 Å². The van der Waals surface area contributed by atoms with Gasteiger partial charge in [0.2, 0.25) is 0 Å². The SMILES string of the molecule is OOB1OO1. The fraction of sp³-hybridized carbons (Fsp3) is 0. The third kappa shape index (κ3) is 0.589. The molecule has 0 amide bonds. The Kier molecular flexibility index (Phi) is 0.588. The van der Waals surface area contributed by atoms with E-state index in [1.165, 1.54) is 0 Å². The Balaban J connectivity index is 2.00. The zero-order valence-electron chi connectivity index (χ0n) is 2.25. The first-order valence-electron chi connectivity index (χ1n) is 1.06. The maximum atomic E-state index is 7.46. The average Bonchev–Trinajstić information content (AvgIpc) is 2.12. The van der Waals surface area contributed by atoms with E-state index >= 15 is 0 Å². The van der Waals surface area contributed by atoms with Crippen molar-refractivity contribution in [1.29, 1.82) is 0 Å². The van der Waals surface area contributed by atoms with E-state index in [2.05, 4.69) is 14.4 Å². The number of rotatable bonds is 1. The number of hydrogen-bond donors (Lipinski definition) is 1. The Bertz CT molecular complexity index is 30.6. The lowest BCUT2D eigenvalue weighted by Gasteiger charge is -1.63. The summed E-state index contributed by atoms with van der Waals surface area (Å²) in [5, 5.41) is 7.46. The highest BCUT2D eigenvalue weighted by Gasteiger charge is 2.39. The predicted molar refractivity (Wildman–Crippen MR) is 11.6 cm³/mol. The van der Waals surface area contributed by atoms with Crippen molar-refractivity contribution in [2.24, 2.45) is 0 Å². The molecule has 1 heterocycles. The second-order valence-electron chi connectivity index (χ2n) is 0.587. The smallest absolute Gasteiger partial charge is 0.262 e. The number of hydrogen-bond acceptors (Lipinski definition) is 4. The monoisotopic (exact) mass is 76.0 g/mol. The Morgan fingerprint density at radius 2 is 2.20 bits per heavy atom. The Morgan fingerprint density at radius 1 is 1.60 bits per heavy atom. The molecule has 0 bridgehead atoms. The van der Waals surface area contributed by atoms with Crippen molar-refractivity contribution in [3.63, 3.8) is 0 Å². The van der Waals surface area contributed by atoms with Crippen LogP contribution in [0, 0.1) is 0 Å². The lowest BCUT2D eigenvalue weighted by molar-refractivity contribution is -0.146. The highest BCUT2D eigenvalue weighted by molar-refractivity contribution is 6.41. The molecule has 0 radical (unpaired) electrons. The van der Waals surface area contributed by atoms with Crippen LogP contribution in [0.4, 0.5) is 0 Å². The molecular weight excluding hydrogens is 74.8 g/mol. The zero-order chi connectivity index (χ0) is 3.70. The lowest BCUT2D eigenvalue weighted by atomic mass is 10.3. The van der Waals surface area contributed by atoms with Gasteiger partial charge >= 0.3 is 7.32 Å². The Hall–Kier alpha value is -0.0951. The molecule has 0 saturated carbocycles. The second kappa shape index (κ2) is 0.945. The van der Waals surface area contributed by atoms with Gasteiger partial charge in [-0.05, 0) is 0 Å². The van der Waals surface area contributed by atoms with Gasteiger partial charge in [-0.3, -0.25) is 5.26 Å². The van der Waals surface area contributed by atoms with Gasteiger partial charge < -0.3 is 0 Å². The van der Waals surface area contributed by atoms with E-state index in [4.69, 9.17) is 5.26 Å². The molecule has 28 valence electrons. The Morgan fingerprint density at radius 3 is 2.20 bits per heavy atom. The minimum Gasteiger partial charge on any atom is -0.262 e. The Labute approximate surface area is 28.3 Å². The largest absolute Gasteiger partial charge is 0.722 e. The van der Waals surface area contributed by atoms with E-state index in [9.17, 15) is 0 Å². The van der Waals surface area contributed by atoms with Crippen molar-refractivity contribution in [3.8, 4) is 0 Å². The first kappa shape index (κ1) is 3.11. The lowest BCUT2D eigenvalue weighted by Crippen LogP contribution is -1.91. The first-order chi connectivity index (χ1) is 2.43. The van der Waals surface area contributed by atoms with Crippen molar-refractivity contribution in [3.05, 3.63) is 0 Å². The van der Waals surface area contributed by atoms with Crippen molar-refractivity contribution in [1.82, 2.24) is 0 Å². The zero-order valence-corrected chi connectivity index (χ0v) is 2.25. The van der Waals surface area contributed by atoms with Gasteiger partial charge in [0, 0.05) is 0 Å². The first-order valence-corrected chi connectivity index (χ1v) is 1.06. The molecular formula is HBO4. The van der Waals surface area contributed by atoms with Crippen LogP contribution in [0.1, 0.15) is 0 Å². The summed E-state index contributed by atoms with van der Waals surface area (Å²) >= 11 is 0. The molecule has 0 aromatic carbocycles. The standard InChI is InChI=1S/BHO4/c2-3-1-4-5-1/h2H. The van der Waals surface area contributed by atoms with Crippen LogP contribution in [0.15, 0.2) is 0 Å². The van der Waals surface area contributed by atoms with Gasteiger partial charge in [0.05, 0.1) is 0 Å². The quantitative estimate of drug-likeness (QED) is 0.196.